The molecule has 0 atom stereocenters. The largest absolute Gasteiger partial charge is 0.334 e. The number of hydrogen-bond donors (Lipinski definition) is 4. The number of benzene rings is 2. The maximum atomic E-state index is 12.3. The highest BCUT2D eigenvalue weighted by atomic mass is 32.2. The minimum atomic E-state index is -0.252. The lowest BCUT2D eigenvalue weighted by atomic mass is 10.2. The maximum absolute atomic E-state index is 12.3. The first-order valence-corrected chi connectivity index (χ1v) is 10.9. The fourth-order valence-corrected chi connectivity index (χ4v) is 3.27. The summed E-state index contributed by atoms with van der Waals surface area (Å²) >= 11 is 1.13. The summed E-state index contributed by atoms with van der Waals surface area (Å²) in [6, 6.07) is 16.7. The molecule has 0 fully saturated rings. The van der Waals surface area contributed by atoms with E-state index in [0.29, 0.717) is 16.5 Å². The molecule has 2 aromatic carbocycles. The van der Waals surface area contributed by atoms with E-state index in [0.717, 1.165) is 23.0 Å². The average Bonchev–Trinajstić information content (AvgIpc) is 3.14. The van der Waals surface area contributed by atoms with Crippen molar-refractivity contribution >= 4 is 52.7 Å². The van der Waals surface area contributed by atoms with E-state index in [1.807, 2.05) is 49.4 Å². The van der Waals surface area contributed by atoms with Crippen LogP contribution < -0.4 is 21.9 Å². The van der Waals surface area contributed by atoms with Crippen molar-refractivity contribution in [2.45, 2.75) is 19.0 Å². The summed E-state index contributed by atoms with van der Waals surface area (Å²) < 4.78 is 1.23. The number of carbonyl (C=O) groups excluding carboxylic acids is 2. The van der Waals surface area contributed by atoms with Gasteiger partial charge in [0, 0.05) is 18.3 Å². The van der Waals surface area contributed by atoms with Gasteiger partial charge in [0.1, 0.15) is 0 Å². The van der Waals surface area contributed by atoms with Crippen molar-refractivity contribution in [3.05, 3.63) is 66.2 Å². The van der Waals surface area contributed by atoms with Crippen molar-refractivity contribution in [1.29, 1.82) is 0 Å². The second-order valence-corrected chi connectivity index (χ2v) is 7.83. The number of anilines is 3. The minimum absolute atomic E-state index is 0.0712. The van der Waals surface area contributed by atoms with Crippen LogP contribution >= 0.6 is 11.8 Å². The number of nitrogen functional groups attached to an aromatic ring is 1. The zero-order chi connectivity index (χ0) is 23.6. The van der Waals surface area contributed by atoms with E-state index >= 15 is 0 Å². The molecule has 1 aromatic heterocycles. The average molecular weight is 465 g/mol. The number of nitrogens with one attached hydrogen (secondary N) is 3. The van der Waals surface area contributed by atoms with E-state index in [1.54, 1.807) is 24.3 Å². The molecule has 0 aliphatic carbocycles. The third kappa shape index (κ3) is 7.51. The van der Waals surface area contributed by atoms with E-state index in [1.165, 1.54) is 11.6 Å². The smallest absolute Gasteiger partial charge is 0.264 e. The zero-order valence-corrected chi connectivity index (χ0v) is 19.0. The van der Waals surface area contributed by atoms with Gasteiger partial charge in [0.2, 0.25) is 17.0 Å². The van der Waals surface area contributed by atoms with E-state index in [9.17, 15) is 9.59 Å². The van der Waals surface area contributed by atoms with Gasteiger partial charge < -0.3 is 16.5 Å². The van der Waals surface area contributed by atoms with Gasteiger partial charge in [0.25, 0.3) is 5.95 Å². The molecule has 0 saturated heterocycles. The SMILES string of the molecule is CC(=O)Nc1cccc(NC(=O)CSc2nnc(N/N=C(C)/C=C/c3ccccc3)n2N)c1. The molecule has 1 heterocycles. The summed E-state index contributed by atoms with van der Waals surface area (Å²) in [5.41, 5.74) is 5.72. The van der Waals surface area contributed by atoms with Crippen LogP contribution in [0.5, 0.6) is 0 Å². The van der Waals surface area contributed by atoms with Crippen LogP contribution in [0.25, 0.3) is 6.08 Å². The topological polar surface area (TPSA) is 139 Å². The first-order chi connectivity index (χ1) is 15.9. The number of nitrogens with two attached hydrogens (primary N) is 1. The number of aromatic nitrogens is 3. The molecule has 0 aliphatic rings. The summed E-state index contributed by atoms with van der Waals surface area (Å²) in [5, 5.41) is 18.0. The Morgan fingerprint density at radius 3 is 2.52 bits per heavy atom. The molecule has 0 spiro atoms. The lowest BCUT2D eigenvalue weighted by molar-refractivity contribution is -0.114. The Bertz CT molecular complexity index is 1170. The van der Waals surface area contributed by atoms with Crippen molar-refractivity contribution in [3.63, 3.8) is 0 Å². The van der Waals surface area contributed by atoms with Gasteiger partial charge in [-0.2, -0.15) is 5.10 Å². The van der Waals surface area contributed by atoms with Crippen LogP contribution in [0.4, 0.5) is 17.3 Å². The van der Waals surface area contributed by atoms with Crippen molar-refractivity contribution in [1.82, 2.24) is 14.9 Å². The van der Waals surface area contributed by atoms with Gasteiger partial charge in [-0.05, 0) is 36.8 Å². The Labute approximate surface area is 195 Å². The summed E-state index contributed by atoms with van der Waals surface area (Å²) in [6.07, 6.45) is 3.81. The molecule has 0 saturated carbocycles. The molecule has 0 aliphatic heterocycles. The first-order valence-electron chi connectivity index (χ1n) is 9.95. The van der Waals surface area contributed by atoms with E-state index in [4.69, 9.17) is 5.84 Å². The Kier molecular flexibility index (Phi) is 8.19. The van der Waals surface area contributed by atoms with Gasteiger partial charge in [0.05, 0.1) is 11.5 Å². The molecule has 0 bridgehead atoms. The monoisotopic (exact) mass is 464 g/mol. The van der Waals surface area contributed by atoms with E-state index < -0.39 is 0 Å². The molecule has 0 unspecified atom stereocenters. The van der Waals surface area contributed by atoms with Gasteiger partial charge in [0.15, 0.2) is 0 Å². The Balaban J connectivity index is 1.52. The number of carbonyl (C=O) groups is 2. The fraction of sp³-hybridized carbons (Fsp3) is 0.136. The maximum Gasteiger partial charge on any atom is 0.264 e. The second kappa shape index (κ2) is 11.5. The van der Waals surface area contributed by atoms with Crippen LogP contribution in [0.2, 0.25) is 0 Å². The van der Waals surface area contributed by atoms with E-state index in [-0.39, 0.29) is 23.5 Å². The molecule has 2 amide bonds. The predicted octanol–water partition coefficient (Wildman–Crippen LogP) is 3.18. The third-order valence-corrected chi connectivity index (χ3v) is 5.06. The highest BCUT2D eigenvalue weighted by molar-refractivity contribution is 7.99. The molecule has 3 rings (SSSR count). The molecule has 11 heteroatoms. The fourth-order valence-electron chi connectivity index (χ4n) is 2.61. The van der Waals surface area contributed by atoms with Gasteiger partial charge >= 0.3 is 0 Å². The van der Waals surface area contributed by atoms with Gasteiger partial charge in [-0.3, -0.25) is 9.59 Å². The molecular formula is C22H24N8O2S. The van der Waals surface area contributed by atoms with Gasteiger partial charge in [-0.1, -0.05) is 54.2 Å². The number of thioether (sulfide) groups is 1. The molecule has 0 radical (unpaired) electrons. The zero-order valence-electron chi connectivity index (χ0n) is 18.1. The minimum Gasteiger partial charge on any atom is -0.334 e. The first kappa shape index (κ1) is 23.5. The van der Waals surface area contributed by atoms with Crippen molar-refractivity contribution < 1.29 is 9.59 Å². The molecule has 170 valence electrons. The van der Waals surface area contributed by atoms with Crippen LogP contribution in [-0.2, 0) is 9.59 Å². The highest BCUT2D eigenvalue weighted by Crippen LogP contribution is 2.19. The normalized spacial score (nSPS) is 11.4. The summed E-state index contributed by atoms with van der Waals surface area (Å²) in [7, 11) is 0. The highest BCUT2D eigenvalue weighted by Gasteiger charge is 2.12. The van der Waals surface area contributed by atoms with Crippen molar-refractivity contribution in [2.24, 2.45) is 5.10 Å². The predicted molar refractivity (Wildman–Crippen MR) is 132 cm³/mol. The summed E-state index contributed by atoms with van der Waals surface area (Å²) in [6.45, 7) is 3.26. The molecular weight excluding hydrogens is 440 g/mol. The van der Waals surface area contributed by atoms with E-state index in [2.05, 4.69) is 31.4 Å². The molecule has 33 heavy (non-hydrogen) atoms. The Morgan fingerprint density at radius 1 is 1.06 bits per heavy atom. The summed E-state index contributed by atoms with van der Waals surface area (Å²) in [5.74, 6) is 5.88. The van der Waals surface area contributed by atoms with Crippen LogP contribution in [0.3, 0.4) is 0 Å². The number of amides is 2. The van der Waals surface area contributed by atoms with Gasteiger partial charge in [-0.25, -0.2) is 10.1 Å². The number of nitrogens with zero attached hydrogens (tertiary/aromatic N) is 4. The lowest BCUT2D eigenvalue weighted by Crippen LogP contribution is -2.17. The van der Waals surface area contributed by atoms with Crippen molar-refractivity contribution in [3.8, 4) is 0 Å². The van der Waals surface area contributed by atoms with Crippen LogP contribution in [0, 0.1) is 0 Å². The second-order valence-electron chi connectivity index (χ2n) is 6.88. The van der Waals surface area contributed by atoms with Crippen LogP contribution in [0.1, 0.15) is 19.4 Å². The number of hydrazone groups is 1. The third-order valence-electron chi connectivity index (χ3n) is 4.11. The lowest BCUT2D eigenvalue weighted by Gasteiger charge is -2.07. The quantitative estimate of drug-likeness (QED) is 0.165. The standard InChI is InChI=1S/C22H24N8O2S/c1-15(11-12-17-7-4-3-5-8-17)26-27-21-28-29-22(30(21)23)33-14-20(32)25-19-10-6-9-18(13-19)24-16(2)31/h3-13H,14,23H2,1-2H3,(H,24,31)(H,25,32)(H,27,28)/b12-11+,26-15+. The van der Waals surface area contributed by atoms with Crippen LogP contribution in [-0.4, -0.2) is 38.2 Å². The Hall–Kier alpha value is -4.12. The van der Waals surface area contributed by atoms with Crippen molar-refractivity contribution in [2.75, 3.05) is 27.7 Å². The number of hydrogen-bond acceptors (Lipinski definition) is 8. The molecule has 10 nitrogen and oxygen atoms in total. The Morgan fingerprint density at radius 2 is 1.79 bits per heavy atom. The van der Waals surface area contributed by atoms with Crippen LogP contribution in [0.15, 0.2) is 70.9 Å². The molecule has 5 N–H and O–H groups in total. The summed E-state index contributed by atoms with van der Waals surface area (Å²) in [4.78, 5) is 23.4. The van der Waals surface area contributed by atoms with Gasteiger partial charge in [-0.15, -0.1) is 10.2 Å². The number of allylic oxidation sites excluding steroid dienone is 1. The number of rotatable bonds is 9. The molecule has 3 aromatic rings.